The number of aliphatic hydroxyl groups is 2. The van der Waals surface area contributed by atoms with Gasteiger partial charge in [0.1, 0.15) is 5.60 Å². The van der Waals surface area contributed by atoms with Crippen molar-refractivity contribution in [2.75, 3.05) is 19.7 Å². The topological polar surface area (TPSA) is 43.7 Å². The fourth-order valence-electron chi connectivity index (χ4n) is 3.21. The van der Waals surface area contributed by atoms with Crippen molar-refractivity contribution in [3.8, 4) is 11.8 Å². The maximum atomic E-state index is 10.7. The fourth-order valence-corrected chi connectivity index (χ4v) is 3.21. The first-order valence-electron chi connectivity index (χ1n) is 6.87. The average molecular weight is 257 g/mol. The molecule has 3 saturated heterocycles. The minimum absolute atomic E-state index is 0.179. The van der Waals surface area contributed by atoms with Gasteiger partial charge in [-0.2, -0.15) is 0 Å². The molecule has 0 spiro atoms. The van der Waals surface area contributed by atoms with Gasteiger partial charge in [0, 0.05) is 24.1 Å². The van der Waals surface area contributed by atoms with Crippen LogP contribution in [0.1, 0.15) is 18.4 Å². The summed E-state index contributed by atoms with van der Waals surface area (Å²) in [6.07, 6.45) is 1.81. The lowest BCUT2D eigenvalue weighted by atomic mass is 9.73. The van der Waals surface area contributed by atoms with Crippen LogP contribution in [-0.2, 0) is 0 Å². The lowest BCUT2D eigenvalue weighted by Gasteiger charge is -2.51. The molecule has 3 heteroatoms. The summed E-state index contributed by atoms with van der Waals surface area (Å²) in [5, 5.41) is 20.1. The minimum atomic E-state index is -0.917. The predicted octanol–water partition coefficient (Wildman–Crippen LogP) is 0.856. The summed E-state index contributed by atoms with van der Waals surface area (Å²) in [5.41, 5.74) is 0.0193. The zero-order valence-corrected chi connectivity index (χ0v) is 10.9. The first-order valence-corrected chi connectivity index (χ1v) is 6.87. The fraction of sp³-hybridized carbons (Fsp3) is 0.500. The zero-order chi connectivity index (χ0) is 13.3. The molecule has 1 aromatic rings. The maximum absolute atomic E-state index is 10.7. The van der Waals surface area contributed by atoms with Crippen LogP contribution < -0.4 is 0 Å². The van der Waals surface area contributed by atoms with Crippen LogP contribution in [0.25, 0.3) is 0 Å². The normalized spacial score (nSPS) is 36.6. The molecule has 100 valence electrons. The molecule has 0 radical (unpaired) electrons. The van der Waals surface area contributed by atoms with Crippen LogP contribution in [0.4, 0.5) is 0 Å². The molecule has 3 aliphatic heterocycles. The van der Waals surface area contributed by atoms with Gasteiger partial charge in [0.25, 0.3) is 0 Å². The van der Waals surface area contributed by atoms with E-state index in [2.05, 4.69) is 16.7 Å². The van der Waals surface area contributed by atoms with E-state index in [0.29, 0.717) is 6.54 Å². The molecular formula is C16H19NO2. The molecule has 4 rings (SSSR count). The number of aliphatic hydroxyl groups excluding tert-OH is 1. The van der Waals surface area contributed by atoms with Crippen molar-refractivity contribution in [3.63, 3.8) is 0 Å². The maximum Gasteiger partial charge on any atom is 0.141 e. The molecule has 0 saturated carbocycles. The molecule has 2 bridgehead atoms. The van der Waals surface area contributed by atoms with E-state index in [1.54, 1.807) is 0 Å². The van der Waals surface area contributed by atoms with Gasteiger partial charge in [-0.25, -0.2) is 0 Å². The van der Waals surface area contributed by atoms with Gasteiger partial charge in [-0.1, -0.05) is 30.0 Å². The van der Waals surface area contributed by atoms with Gasteiger partial charge in [-0.05, 0) is 31.5 Å². The Labute approximate surface area is 113 Å². The van der Waals surface area contributed by atoms with Crippen molar-refractivity contribution >= 4 is 0 Å². The molecule has 3 heterocycles. The number of nitrogens with zero attached hydrogens (tertiary/aromatic N) is 1. The lowest BCUT2D eigenvalue weighted by molar-refractivity contribution is -0.106. The van der Waals surface area contributed by atoms with Gasteiger partial charge in [-0.15, -0.1) is 0 Å². The summed E-state index contributed by atoms with van der Waals surface area (Å²) >= 11 is 0. The standard InChI is InChI=1S/C16H19NO2/c18-11-15-10-14-7-9-17(15)12-16(14,19)8-6-13-4-2-1-3-5-13/h1-5,14-15,18-19H,7,9-12H2/t14-,15+,16-/m0/s1. The summed E-state index contributed by atoms with van der Waals surface area (Å²) in [7, 11) is 0. The summed E-state index contributed by atoms with van der Waals surface area (Å²) in [6.45, 7) is 1.70. The first kappa shape index (κ1) is 12.7. The first-order chi connectivity index (χ1) is 9.21. The summed E-state index contributed by atoms with van der Waals surface area (Å²) in [5.74, 6) is 6.34. The largest absolute Gasteiger partial charge is 0.395 e. The third-order valence-corrected chi connectivity index (χ3v) is 4.37. The Morgan fingerprint density at radius 2 is 2.11 bits per heavy atom. The van der Waals surface area contributed by atoms with Crippen molar-refractivity contribution in [2.45, 2.75) is 24.5 Å². The van der Waals surface area contributed by atoms with Crippen molar-refractivity contribution in [1.29, 1.82) is 0 Å². The molecule has 1 unspecified atom stereocenters. The molecule has 3 nitrogen and oxygen atoms in total. The Hall–Kier alpha value is -1.34. The molecule has 3 aliphatic rings. The smallest absolute Gasteiger partial charge is 0.141 e. The molecule has 2 N–H and O–H groups in total. The molecule has 0 aliphatic carbocycles. The molecular weight excluding hydrogens is 238 g/mol. The highest BCUT2D eigenvalue weighted by Crippen LogP contribution is 2.38. The van der Waals surface area contributed by atoms with Gasteiger partial charge < -0.3 is 10.2 Å². The molecule has 1 aromatic carbocycles. The van der Waals surface area contributed by atoms with Crippen LogP contribution in [0, 0.1) is 17.8 Å². The highest BCUT2D eigenvalue weighted by Gasteiger charge is 2.48. The van der Waals surface area contributed by atoms with Crippen LogP contribution in [0.5, 0.6) is 0 Å². The highest BCUT2D eigenvalue weighted by atomic mass is 16.3. The number of piperidine rings is 3. The summed E-state index contributed by atoms with van der Waals surface area (Å²) in [6, 6.07) is 9.97. The zero-order valence-electron chi connectivity index (χ0n) is 10.9. The van der Waals surface area contributed by atoms with E-state index < -0.39 is 5.60 Å². The monoisotopic (exact) mass is 257 g/mol. The lowest BCUT2D eigenvalue weighted by Crippen LogP contribution is -2.63. The Morgan fingerprint density at radius 1 is 1.32 bits per heavy atom. The van der Waals surface area contributed by atoms with Gasteiger partial charge in [0.15, 0.2) is 0 Å². The summed E-state index contributed by atoms with van der Waals surface area (Å²) in [4.78, 5) is 2.17. The van der Waals surface area contributed by atoms with Crippen molar-refractivity contribution in [2.24, 2.45) is 5.92 Å². The second-order valence-corrected chi connectivity index (χ2v) is 5.57. The van der Waals surface area contributed by atoms with Crippen molar-refractivity contribution in [1.82, 2.24) is 4.90 Å². The van der Waals surface area contributed by atoms with Crippen LogP contribution >= 0.6 is 0 Å². The van der Waals surface area contributed by atoms with Crippen LogP contribution in [0.15, 0.2) is 30.3 Å². The molecule has 4 atom stereocenters. The van der Waals surface area contributed by atoms with Gasteiger partial charge in [0.2, 0.25) is 0 Å². The molecule has 0 amide bonds. The molecule has 3 fully saturated rings. The van der Waals surface area contributed by atoms with E-state index in [1.165, 1.54) is 0 Å². The third-order valence-electron chi connectivity index (χ3n) is 4.37. The van der Waals surface area contributed by atoms with Gasteiger partial charge in [0.05, 0.1) is 6.61 Å². The van der Waals surface area contributed by atoms with Crippen molar-refractivity contribution < 1.29 is 10.2 Å². The minimum Gasteiger partial charge on any atom is -0.395 e. The number of benzene rings is 1. The van der Waals surface area contributed by atoms with E-state index in [1.807, 2.05) is 30.3 Å². The Bertz CT molecular complexity index is 504. The Morgan fingerprint density at radius 3 is 2.74 bits per heavy atom. The second-order valence-electron chi connectivity index (χ2n) is 5.57. The molecule has 19 heavy (non-hydrogen) atoms. The average Bonchev–Trinajstić information content (AvgIpc) is 2.47. The van der Waals surface area contributed by atoms with E-state index >= 15 is 0 Å². The number of rotatable bonds is 1. The third kappa shape index (κ3) is 2.40. The molecule has 0 aromatic heterocycles. The number of hydrogen-bond acceptors (Lipinski definition) is 3. The van der Waals surface area contributed by atoms with E-state index in [4.69, 9.17) is 0 Å². The van der Waals surface area contributed by atoms with E-state index in [9.17, 15) is 10.2 Å². The van der Waals surface area contributed by atoms with Crippen LogP contribution in [0.3, 0.4) is 0 Å². The number of hydrogen-bond donors (Lipinski definition) is 2. The highest BCUT2D eigenvalue weighted by molar-refractivity contribution is 5.37. The number of fused-ring (bicyclic) bond motifs is 3. The van der Waals surface area contributed by atoms with Crippen LogP contribution in [-0.4, -0.2) is 46.5 Å². The van der Waals surface area contributed by atoms with E-state index in [0.717, 1.165) is 24.9 Å². The van der Waals surface area contributed by atoms with Gasteiger partial charge in [-0.3, -0.25) is 4.90 Å². The van der Waals surface area contributed by atoms with Crippen LogP contribution in [0.2, 0.25) is 0 Å². The van der Waals surface area contributed by atoms with Gasteiger partial charge >= 0.3 is 0 Å². The van der Waals surface area contributed by atoms with Crippen molar-refractivity contribution in [3.05, 3.63) is 35.9 Å². The summed E-state index contributed by atoms with van der Waals surface area (Å²) < 4.78 is 0. The second kappa shape index (κ2) is 4.97. The predicted molar refractivity (Wildman–Crippen MR) is 73.4 cm³/mol. The quantitative estimate of drug-likeness (QED) is 0.733. The Balaban J connectivity index is 1.80. The van der Waals surface area contributed by atoms with E-state index in [-0.39, 0.29) is 18.6 Å². The Kier molecular flexibility index (Phi) is 3.32. The SMILES string of the molecule is OC[C@H]1C[C@@H]2CCN1C[C@@]2(O)C#Cc1ccccc1.